The summed E-state index contributed by atoms with van der Waals surface area (Å²) in [6.07, 6.45) is 0. The lowest BCUT2D eigenvalue weighted by Gasteiger charge is -2.33. The zero-order valence-electron chi connectivity index (χ0n) is 14.7. The highest BCUT2D eigenvalue weighted by molar-refractivity contribution is 5.78. The molecule has 1 saturated heterocycles. The summed E-state index contributed by atoms with van der Waals surface area (Å²) in [6.45, 7) is 8.05. The average Bonchev–Trinajstić information content (AvgIpc) is 2.62. The van der Waals surface area contributed by atoms with E-state index in [2.05, 4.69) is 52.9 Å². The van der Waals surface area contributed by atoms with E-state index in [-0.39, 0.29) is 5.82 Å². The number of halogens is 1. The van der Waals surface area contributed by atoms with E-state index >= 15 is 0 Å². The molecule has 0 saturated carbocycles. The van der Waals surface area contributed by atoms with Crippen LogP contribution in [0.4, 0.5) is 15.9 Å². The molecule has 1 N–H and O–H groups in total. The van der Waals surface area contributed by atoms with Crippen LogP contribution in [0.2, 0.25) is 0 Å². The number of hydrogen-bond donors (Lipinski definition) is 0. The number of pyridine rings is 1. The Morgan fingerprint density at radius 3 is 2.24 bits per heavy atom. The second-order valence-corrected chi connectivity index (χ2v) is 6.84. The first-order chi connectivity index (χ1) is 12.1. The Hall–Kier alpha value is -2.62. The van der Waals surface area contributed by atoms with Crippen LogP contribution in [-0.2, 0) is 0 Å². The predicted molar refractivity (Wildman–Crippen MR) is 101 cm³/mol. The fourth-order valence-corrected chi connectivity index (χ4v) is 3.60. The molecule has 0 atom stereocenters. The quantitative estimate of drug-likeness (QED) is 0.711. The summed E-state index contributed by atoms with van der Waals surface area (Å²) in [5.74, 6) is 1.02. The van der Waals surface area contributed by atoms with E-state index in [4.69, 9.17) is 0 Å². The minimum Gasteiger partial charge on any atom is -0.364 e. The highest BCUT2D eigenvalue weighted by Crippen LogP contribution is 2.23. The number of rotatable bonds is 2. The molecule has 0 spiro atoms. The van der Waals surface area contributed by atoms with Crippen LogP contribution in [0.1, 0.15) is 11.1 Å². The van der Waals surface area contributed by atoms with Crippen LogP contribution >= 0.6 is 0 Å². The van der Waals surface area contributed by atoms with Gasteiger partial charge in [0.15, 0.2) is 0 Å². The van der Waals surface area contributed by atoms with Crippen molar-refractivity contribution in [1.29, 1.82) is 0 Å². The molecule has 0 bridgehead atoms. The third-order valence-corrected chi connectivity index (χ3v) is 5.00. The van der Waals surface area contributed by atoms with Crippen molar-refractivity contribution >= 4 is 22.4 Å². The maximum absolute atomic E-state index is 13.1. The molecule has 25 heavy (non-hydrogen) atoms. The minimum absolute atomic E-state index is 0.181. The molecule has 0 unspecified atom stereocenters. The minimum atomic E-state index is -0.181. The monoisotopic (exact) mass is 336 g/mol. The highest BCUT2D eigenvalue weighted by Gasteiger charge is 2.25. The van der Waals surface area contributed by atoms with Gasteiger partial charge in [-0.1, -0.05) is 12.1 Å². The third kappa shape index (κ3) is 3.16. The molecule has 3 nitrogen and oxygen atoms in total. The van der Waals surface area contributed by atoms with Gasteiger partial charge in [-0.25, -0.2) is 9.37 Å². The molecule has 1 aliphatic rings. The lowest BCUT2D eigenvalue weighted by molar-refractivity contribution is -0.331. The number of piperazine rings is 1. The Balaban J connectivity index is 1.55. The largest absolute Gasteiger partial charge is 0.364 e. The van der Waals surface area contributed by atoms with E-state index in [0.29, 0.717) is 0 Å². The summed E-state index contributed by atoms with van der Waals surface area (Å²) in [5, 5.41) is 1.25. The first kappa shape index (κ1) is 15.9. The highest BCUT2D eigenvalue weighted by atomic mass is 19.1. The molecule has 2 aromatic carbocycles. The van der Waals surface area contributed by atoms with Crippen LogP contribution in [-0.4, -0.2) is 26.2 Å². The van der Waals surface area contributed by atoms with Gasteiger partial charge in [0.05, 0.1) is 13.1 Å². The first-order valence-corrected chi connectivity index (χ1v) is 8.79. The molecule has 2 heterocycles. The Bertz CT molecular complexity index is 897. The normalized spacial score (nSPS) is 15.0. The van der Waals surface area contributed by atoms with Gasteiger partial charge in [-0.3, -0.25) is 4.90 Å². The zero-order chi connectivity index (χ0) is 17.4. The van der Waals surface area contributed by atoms with Crippen LogP contribution in [0.25, 0.3) is 10.9 Å². The van der Waals surface area contributed by atoms with Gasteiger partial charge < -0.3 is 4.90 Å². The Morgan fingerprint density at radius 1 is 0.840 bits per heavy atom. The molecule has 1 aromatic heterocycles. The standard InChI is InChI=1S/C21H22FN3/c1-15-3-4-17-14-16(2)21(23-20(17)13-15)25-11-9-24(10-12-25)19-7-5-18(22)6-8-19/h3-8,13-14H,9-12H2,1-2H3/p+1. The van der Waals surface area contributed by atoms with Gasteiger partial charge in [-0.05, 0) is 55.8 Å². The van der Waals surface area contributed by atoms with E-state index in [1.54, 1.807) is 0 Å². The van der Waals surface area contributed by atoms with E-state index in [1.807, 2.05) is 12.1 Å². The van der Waals surface area contributed by atoms with Crippen molar-refractivity contribution < 1.29 is 9.37 Å². The van der Waals surface area contributed by atoms with E-state index in [9.17, 15) is 4.39 Å². The van der Waals surface area contributed by atoms with E-state index in [0.717, 1.165) is 31.9 Å². The molecule has 128 valence electrons. The molecule has 3 aromatic rings. The zero-order valence-corrected chi connectivity index (χ0v) is 14.7. The number of aromatic nitrogens is 1. The lowest BCUT2D eigenvalue weighted by Crippen LogP contribution is -2.48. The number of hydrogen-bond acceptors (Lipinski definition) is 2. The second-order valence-electron chi connectivity index (χ2n) is 6.84. The average molecular weight is 336 g/mol. The fourth-order valence-electron chi connectivity index (χ4n) is 3.60. The van der Waals surface area contributed by atoms with Crippen molar-refractivity contribution in [3.05, 3.63) is 65.5 Å². The van der Waals surface area contributed by atoms with Gasteiger partial charge in [-0.2, -0.15) is 0 Å². The predicted octanol–water partition coefficient (Wildman–Crippen LogP) is 3.74. The Morgan fingerprint density at radius 2 is 1.52 bits per heavy atom. The van der Waals surface area contributed by atoms with Gasteiger partial charge in [0.2, 0.25) is 0 Å². The number of benzene rings is 2. The molecular weight excluding hydrogens is 313 g/mol. The van der Waals surface area contributed by atoms with Gasteiger partial charge in [0, 0.05) is 16.6 Å². The number of aromatic amines is 1. The number of nitrogens with zero attached hydrogens (tertiary/aromatic N) is 2. The third-order valence-electron chi connectivity index (χ3n) is 5.00. The van der Waals surface area contributed by atoms with E-state index in [1.165, 1.54) is 40.0 Å². The van der Waals surface area contributed by atoms with Crippen molar-refractivity contribution in [2.45, 2.75) is 13.8 Å². The maximum atomic E-state index is 13.1. The van der Waals surface area contributed by atoms with Crippen LogP contribution in [0.3, 0.4) is 0 Å². The molecule has 4 heteroatoms. The van der Waals surface area contributed by atoms with Crippen LogP contribution < -0.4 is 14.8 Å². The molecule has 0 aliphatic carbocycles. The summed E-state index contributed by atoms with van der Waals surface area (Å²) in [5.41, 5.74) is 4.81. The van der Waals surface area contributed by atoms with Gasteiger partial charge in [-0.15, -0.1) is 0 Å². The van der Waals surface area contributed by atoms with E-state index < -0.39 is 0 Å². The van der Waals surface area contributed by atoms with Crippen LogP contribution in [0, 0.1) is 19.7 Å². The van der Waals surface area contributed by atoms with Gasteiger partial charge in [0.25, 0.3) is 5.82 Å². The number of anilines is 2. The maximum Gasteiger partial charge on any atom is 0.277 e. The van der Waals surface area contributed by atoms with Crippen molar-refractivity contribution in [2.75, 3.05) is 36.0 Å². The Labute approximate surface area is 147 Å². The summed E-state index contributed by atoms with van der Waals surface area (Å²) in [6, 6.07) is 15.6. The lowest BCUT2D eigenvalue weighted by atomic mass is 10.1. The molecule has 1 fully saturated rings. The first-order valence-electron chi connectivity index (χ1n) is 8.79. The molecular formula is C21H23FN3+. The second kappa shape index (κ2) is 6.36. The Kier molecular flexibility index (Phi) is 4.04. The number of H-pyrrole nitrogens is 1. The smallest absolute Gasteiger partial charge is 0.277 e. The fraction of sp³-hybridized carbons (Fsp3) is 0.286. The van der Waals surface area contributed by atoms with Crippen LogP contribution in [0.5, 0.6) is 0 Å². The summed E-state index contributed by atoms with van der Waals surface area (Å²) < 4.78 is 13.1. The molecule has 1 aliphatic heterocycles. The van der Waals surface area contributed by atoms with Gasteiger partial charge >= 0.3 is 0 Å². The summed E-state index contributed by atoms with van der Waals surface area (Å²) >= 11 is 0. The van der Waals surface area contributed by atoms with Crippen molar-refractivity contribution in [3.8, 4) is 0 Å². The van der Waals surface area contributed by atoms with Gasteiger partial charge in [0.1, 0.15) is 24.4 Å². The number of aryl methyl sites for hydroxylation is 2. The van der Waals surface area contributed by atoms with Crippen molar-refractivity contribution in [3.63, 3.8) is 0 Å². The van der Waals surface area contributed by atoms with Crippen molar-refractivity contribution in [2.24, 2.45) is 0 Å². The van der Waals surface area contributed by atoms with Crippen molar-refractivity contribution in [1.82, 2.24) is 0 Å². The molecule has 0 amide bonds. The molecule has 0 radical (unpaired) electrons. The number of fused-ring (bicyclic) bond motifs is 1. The topological polar surface area (TPSA) is 20.6 Å². The summed E-state index contributed by atoms with van der Waals surface area (Å²) in [7, 11) is 0. The summed E-state index contributed by atoms with van der Waals surface area (Å²) in [4.78, 5) is 8.36. The SMILES string of the molecule is Cc1ccc2cc(C)c(N3CCN(c4ccc(F)cc4)CC3)[nH+]c2c1. The molecule has 4 rings (SSSR count). The van der Waals surface area contributed by atoms with Crippen LogP contribution in [0.15, 0.2) is 48.5 Å². The number of nitrogens with one attached hydrogen (secondary N) is 1.